The molecule has 0 amide bonds. The van der Waals surface area contributed by atoms with E-state index in [-0.39, 0.29) is 18.1 Å². The van der Waals surface area contributed by atoms with Gasteiger partial charge in [0, 0.05) is 18.2 Å². The Bertz CT molecular complexity index is 1190. The fourth-order valence-electron chi connectivity index (χ4n) is 4.80. The van der Waals surface area contributed by atoms with Crippen LogP contribution in [-0.4, -0.2) is 41.8 Å². The lowest BCUT2D eigenvalue weighted by Gasteiger charge is -2.43. The van der Waals surface area contributed by atoms with Crippen LogP contribution in [0.2, 0.25) is 5.04 Å². The maximum atomic E-state index is 12.3. The summed E-state index contributed by atoms with van der Waals surface area (Å²) in [6.45, 7) is 8.38. The van der Waals surface area contributed by atoms with Crippen molar-refractivity contribution in [3.8, 4) is 0 Å². The van der Waals surface area contributed by atoms with E-state index < -0.39 is 38.0 Å². The average Bonchev–Trinajstić information content (AvgIpc) is 3.17. The van der Waals surface area contributed by atoms with Crippen LogP contribution in [0.25, 0.3) is 0 Å². The second-order valence-corrected chi connectivity index (χ2v) is 14.2. The summed E-state index contributed by atoms with van der Waals surface area (Å²) in [5, 5.41) is 12.9. The standard InChI is InChI=1S/C26H32N2O5Si/c1-18-16-28(25(31)27-24(18)30)23-15-21(29)22(33-23)17-32-34(26(2,3)4,19-11-7-5-8-12-19)20-13-9-6-10-14-20/h5-14,16,21-23,29H,15,17H2,1-4H3,(H,27,30,31)/t21-,22+,23+/m0/s1. The van der Waals surface area contributed by atoms with Crippen molar-refractivity contribution < 1.29 is 14.3 Å². The van der Waals surface area contributed by atoms with Gasteiger partial charge in [-0.15, -0.1) is 0 Å². The fraction of sp³-hybridized carbons (Fsp3) is 0.385. The van der Waals surface area contributed by atoms with E-state index in [2.05, 4.69) is 50.0 Å². The summed E-state index contributed by atoms with van der Waals surface area (Å²) in [5.74, 6) is 0. The number of rotatable bonds is 6. The van der Waals surface area contributed by atoms with Crippen molar-refractivity contribution in [2.24, 2.45) is 0 Å². The van der Waals surface area contributed by atoms with E-state index in [1.54, 1.807) is 6.92 Å². The molecule has 1 aromatic heterocycles. The molecule has 7 nitrogen and oxygen atoms in total. The molecule has 3 atom stereocenters. The highest BCUT2D eigenvalue weighted by atomic mass is 28.4. The number of ether oxygens (including phenoxy) is 1. The molecule has 0 saturated carbocycles. The van der Waals surface area contributed by atoms with Gasteiger partial charge in [0.25, 0.3) is 13.9 Å². The van der Waals surface area contributed by atoms with Crippen LogP contribution in [0.15, 0.2) is 76.4 Å². The van der Waals surface area contributed by atoms with Gasteiger partial charge in [-0.3, -0.25) is 14.3 Å². The van der Waals surface area contributed by atoms with Crippen LogP contribution < -0.4 is 21.6 Å². The Morgan fingerprint density at radius 1 is 1.06 bits per heavy atom. The maximum absolute atomic E-state index is 12.3. The molecule has 1 aliphatic heterocycles. The van der Waals surface area contributed by atoms with Crippen LogP contribution >= 0.6 is 0 Å². The summed E-state index contributed by atoms with van der Waals surface area (Å²) >= 11 is 0. The minimum Gasteiger partial charge on any atom is -0.405 e. The summed E-state index contributed by atoms with van der Waals surface area (Å²) in [7, 11) is -2.78. The lowest BCUT2D eigenvalue weighted by molar-refractivity contribution is -0.0427. The van der Waals surface area contributed by atoms with E-state index in [9.17, 15) is 14.7 Å². The first-order valence-corrected chi connectivity index (χ1v) is 13.4. The molecular weight excluding hydrogens is 448 g/mol. The first-order chi connectivity index (χ1) is 16.1. The van der Waals surface area contributed by atoms with Gasteiger partial charge < -0.3 is 14.3 Å². The highest BCUT2D eigenvalue weighted by molar-refractivity contribution is 6.99. The number of nitrogens with one attached hydrogen (secondary N) is 1. The molecule has 1 aliphatic rings. The molecule has 4 rings (SSSR count). The maximum Gasteiger partial charge on any atom is 0.330 e. The van der Waals surface area contributed by atoms with Gasteiger partial charge in [0.2, 0.25) is 0 Å². The number of hydrogen-bond donors (Lipinski definition) is 2. The molecule has 34 heavy (non-hydrogen) atoms. The fourth-order valence-corrected chi connectivity index (χ4v) is 9.37. The second-order valence-electron chi connectivity index (χ2n) is 9.89. The molecule has 2 heterocycles. The molecule has 8 heteroatoms. The van der Waals surface area contributed by atoms with Crippen molar-refractivity contribution in [1.82, 2.24) is 9.55 Å². The lowest BCUT2D eigenvalue weighted by atomic mass is 10.2. The molecule has 0 radical (unpaired) electrons. The molecule has 2 N–H and O–H groups in total. The predicted molar refractivity (Wildman–Crippen MR) is 134 cm³/mol. The Balaban J connectivity index is 1.66. The lowest BCUT2D eigenvalue weighted by Crippen LogP contribution is -2.67. The summed E-state index contributed by atoms with van der Waals surface area (Å²) in [6.07, 6.45) is -0.372. The third-order valence-corrected chi connectivity index (χ3v) is 11.5. The Morgan fingerprint density at radius 3 is 2.15 bits per heavy atom. The van der Waals surface area contributed by atoms with E-state index in [4.69, 9.17) is 9.16 Å². The van der Waals surface area contributed by atoms with Gasteiger partial charge in [0.05, 0.1) is 12.7 Å². The number of benzene rings is 2. The van der Waals surface area contributed by atoms with Gasteiger partial charge in [-0.25, -0.2) is 4.79 Å². The second kappa shape index (κ2) is 9.46. The van der Waals surface area contributed by atoms with Crippen LogP contribution in [0.1, 0.15) is 39.0 Å². The number of aromatic nitrogens is 2. The van der Waals surface area contributed by atoms with Gasteiger partial charge in [-0.2, -0.15) is 0 Å². The molecule has 0 spiro atoms. The van der Waals surface area contributed by atoms with Crippen LogP contribution in [0, 0.1) is 6.92 Å². The minimum absolute atomic E-state index is 0.183. The summed E-state index contributed by atoms with van der Waals surface area (Å²) in [6, 6.07) is 20.5. The largest absolute Gasteiger partial charge is 0.405 e. The quantitative estimate of drug-likeness (QED) is 0.527. The molecule has 0 unspecified atom stereocenters. The first kappa shape index (κ1) is 24.3. The third kappa shape index (κ3) is 4.46. The Morgan fingerprint density at radius 2 is 1.62 bits per heavy atom. The number of aryl methyl sites for hydroxylation is 1. The van der Waals surface area contributed by atoms with E-state index in [1.807, 2.05) is 36.4 Å². The average molecular weight is 481 g/mol. The van der Waals surface area contributed by atoms with Crippen molar-refractivity contribution in [1.29, 1.82) is 0 Å². The van der Waals surface area contributed by atoms with E-state index >= 15 is 0 Å². The SMILES string of the molecule is Cc1cn([C@H]2C[C@H](O)[C@@H](CO[Si](c3ccccc3)(c3ccccc3)C(C)(C)C)O2)c(=O)[nH]c1=O. The predicted octanol–water partition coefficient (Wildman–Crippen LogP) is 2.07. The summed E-state index contributed by atoms with van der Waals surface area (Å²) < 4.78 is 14.3. The number of hydrogen-bond acceptors (Lipinski definition) is 5. The molecule has 2 aromatic carbocycles. The van der Waals surface area contributed by atoms with E-state index in [0.717, 1.165) is 10.4 Å². The highest BCUT2D eigenvalue weighted by Gasteiger charge is 2.51. The zero-order valence-electron chi connectivity index (χ0n) is 20.0. The Labute approximate surface area is 200 Å². The van der Waals surface area contributed by atoms with Crippen molar-refractivity contribution >= 4 is 18.7 Å². The summed E-state index contributed by atoms with van der Waals surface area (Å²) in [4.78, 5) is 26.4. The summed E-state index contributed by atoms with van der Waals surface area (Å²) in [5.41, 5.74) is -0.572. The van der Waals surface area contributed by atoms with Gasteiger partial charge >= 0.3 is 5.69 Å². The van der Waals surface area contributed by atoms with Crippen molar-refractivity contribution in [3.05, 3.63) is 93.3 Å². The Kier molecular flexibility index (Phi) is 6.77. The zero-order chi connectivity index (χ0) is 24.5. The number of aliphatic hydroxyl groups is 1. The molecule has 180 valence electrons. The van der Waals surface area contributed by atoms with Crippen molar-refractivity contribution in [2.75, 3.05) is 6.61 Å². The monoisotopic (exact) mass is 480 g/mol. The van der Waals surface area contributed by atoms with Gasteiger partial charge in [0.15, 0.2) is 0 Å². The normalized spacial score (nSPS) is 21.0. The van der Waals surface area contributed by atoms with E-state index in [0.29, 0.717) is 5.56 Å². The highest BCUT2D eigenvalue weighted by Crippen LogP contribution is 2.38. The van der Waals surface area contributed by atoms with Crippen LogP contribution in [-0.2, 0) is 9.16 Å². The molecule has 1 fully saturated rings. The van der Waals surface area contributed by atoms with Gasteiger partial charge in [-0.1, -0.05) is 81.4 Å². The minimum atomic E-state index is -2.78. The van der Waals surface area contributed by atoms with E-state index in [1.165, 1.54) is 10.8 Å². The van der Waals surface area contributed by atoms with Crippen molar-refractivity contribution in [2.45, 2.75) is 57.6 Å². The van der Waals surface area contributed by atoms with Gasteiger partial charge in [-0.05, 0) is 22.3 Å². The number of aromatic amines is 1. The number of H-pyrrole nitrogens is 1. The topological polar surface area (TPSA) is 93.6 Å². The molecule has 1 saturated heterocycles. The molecule has 0 bridgehead atoms. The Hall–Kier alpha value is -2.78. The third-order valence-electron chi connectivity index (χ3n) is 6.54. The first-order valence-electron chi connectivity index (χ1n) is 11.5. The van der Waals surface area contributed by atoms with Crippen LogP contribution in [0.5, 0.6) is 0 Å². The van der Waals surface area contributed by atoms with Crippen molar-refractivity contribution in [3.63, 3.8) is 0 Å². The van der Waals surface area contributed by atoms with Crippen LogP contribution in [0.4, 0.5) is 0 Å². The molecular formula is C26H32N2O5Si. The molecule has 3 aromatic rings. The zero-order valence-corrected chi connectivity index (χ0v) is 21.0. The number of nitrogens with zero attached hydrogens (tertiary/aromatic N) is 1. The molecule has 0 aliphatic carbocycles. The smallest absolute Gasteiger partial charge is 0.330 e. The van der Waals surface area contributed by atoms with Gasteiger partial charge in [0.1, 0.15) is 12.3 Å². The number of aliphatic hydroxyl groups excluding tert-OH is 1. The van der Waals surface area contributed by atoms with Crippen LogP contribution in [0.3, 0.4) is 0 Å².